The van der Waals surface area contributed by atoms with Crippen LogP contribution in [-0.4, -0.2) is 28.9 Å². The van der Waals surface area contributed by atoms with Gasteiger partial charge in [-0.05, 0) is 37.0 Å². The molecule has 0 bridgehead atoms. The summed E-state index contributed by atoms with van der Waals surface area (Å²) in [5.74, 6) is 0.130. The van der Waals surface area contributed by atoms with Crippen LogP contribution in [0.4, 0.5) is 0 Å². The van der Waals surface area contributed by atoms with Crippen LogP contribution >= 0.6 is 0 Å². The van der Waals surface area contributed by atoms with Crippen molar-refractivity contribution in [2.45, 2.75) is 32.6 Å². The second-order valence-electron chi connectivity index (χ2n) is 7.02. The number of carbonyl (C=O) groups excluding carboxylic acids is 1. The monoisotopic (exact) mass is 344 g/mol. The number of benzene rings is 2. The van der Waals surface area contributed by atoms with Crippen LogP contribution in [0.2, 0.25) is 0 Å². The minimum Gasteiger partial charge on any atom is -0.339 e. The Morgan fingerprint density at radius 1 is 1.04 bits per heavy atom. The molecule has 3 heteroatoms. The van der Waals surface area contributed by atoms with Crippen LogP contribution in [0, 0.1) is 0 Å². The topological polar surface area (TPSA) is 33.2 Å². The molecule has 1 aromatic heterocycles. The number of hydrogen-bond donors (Lipinski definition) is 0. The molecule has 0 saturated carbocycles. The zero-order valence-electron chi connectivity index (χ0n) is 15.2. The molecule has 2 heterocycles. The van der Waals surface area contributed by atoms with E-state index in [9.17, 15) is 4.79 Å². The van der Waals surface area contributed by atoms with E-state index in [-0.39, 0.29) is 5.91 Å². The molecule has 132 valence electrons. The summed E-state index contributed by atoms with van der Waals surface area (Å²) in [5, 5.41) is 0.941. The number of nitrogens with zero attached hydrogens (tertiary/aromatic N) is 2. The SMILES string of the molecule is CCCc1ccc(-c2cc(C(=O)N3CCCC3)c3ccccc3n2)cc1. The van der Waals surface area contributed by atoms with Crippen LogP contribution < -0.4 is 0 Å². The molecule has 2 aromatic carbocycles. The summed E-state index contributed by atoms with van der Waals surface area (Å²) >= 11 is 0. The summed E-state index contributed by atoms with van der Waals surface area (Å²) < 4.78 is 0. The number of hydrogen-bond acceptors (Lipinski definition) is 2. The highest BCUT2D eigenvalue weighted by molar-refractivity contribution is 6.07. The lowest BCUT2D eigenvalue weighted by Gasteiger charge is -2.17. The first kappa shape index (κ1) is 16.8. The second kappa shape index (κ2) is 7.28. The predicted molar refractivity (Wildman–Crippen MR) is 106 cm³/mol. The van der Waals surface area contributed by atoms with E-state index in [1.807, 2.05) is 35.2 Å². The van der Waals surface area contributed by atoms with Crippen molar-refractivity contribution in [3.63, 3.8) is 0 Å². The lowest BCUT2D eigenvalue weighted by atomic mass is 10.0. The Balaban J connectivity index is 1.79. The largest absolute Gasteiger partial charge is 0.339 e. The zero-order chi connectivity index (χ0) is 17.9. The van der Waals surface area contributed by atoms with Crippen LogP contribution in [0.5, 0.6) is 0 Å². The molecule has 26 heavy (non-hydrogen) atoms. The van der Waals surface area contributed by atoms with Crippen molar-refractivity contribution in [1.82, 2.24) is 9.88 Å². The summed E-state index contributed by atoms with van der Waals surface area (Å²) in [6, 6.07) is 18.5. The number of fused-ring (bicyclic) bond motifs is 1. The molecule has 4 rings (SSSR count). The summed E-state index contributed by atoms with van der Waals surface area (Å²) in [5.41, 5.74) is 4.92. The van der Waals surface area contributed by atoms with Gasteiger partial charge in [-0.1, -0.05) is 55.8 Å². The quantitative estimate of drug-likeness (QED) is 0.660. The van der Waals surface area contributed by atoms with Gasteiger partial charge in [0.2, 0.25) is 0 Å². The summed E-state index contributed by atoms with van der Waals surface area (Å²) in [6.07, 6.45) is 4.42. The van der Waals surface area contributed by atoms with Gasteiger partial charge in [0.05, 0.1) is 16.8 Å². The molecular weight excluding hydrogens is 320 g/mol. The standard InChI is InChI=1S/C23H24N2O/c1-2-7-17-10-12-18(13-11-17)22-16-20(23(26)25-14-5-6-15-25)19-8-3-4-9-21(19)24-22/h3-4,8-13,16H,2,5-7,14-15H2,1H3. The van der Waals surface area contributed by atoms with Crippen LogP contribution in [0.15, 0.2) is 54.6 Å². The van der Waals surface area contributed by atoms with Gasteiger partial charge in [0.25, 0.3) is 5.91 Å². The molecule has 1 fully saturated rings. The van der Waals surface area contributed by atoms with Crippen molar-refractivity contribution >= 4 is 16.8 Å². The normalized spacial score (nSPS) is 14.1. The van der Waals surface area contributed by atoms with Gasteiger partial charge >= 0.3 is 0 Å². The second-order valence-corrected chi connectivity index (χ2v) is 7.02. The van der Waals surface area contributed by atoms with Crippen molar-refractivity contribution in [2.24, 2.45) is 0 Å². The number of carbonyl (C=O) groups is 1. The maximum Gasteiger partial charge on any atom is 0.254 e. The van der Waals surface area contributed by atoms with Crippen LogP contribution in [0.1, 0.15) is 42.1 Å². The third-order valence-electron chi connectivity index (χ3n) is 5.13. The number of pyridine rings is 1. The molecule has 1 saturated heterocycles. The third-order valence-corrected chi connectivity index (χ3v) is 5.13. The average Bonchev–Trinajstić information content (AvgIpc) is 3.22. The highest BCUT2D eigenvalue weighted by Crippen LogP contribution is 2.27. The van der Waals surface area contributed by atoms with E-state index >= 15 is 0 Å². The maximum atomic E-state index is 13.1. The van der Waals surface area contributed by atoms with Gasteiger partial charge in [0, 0.05) is 24.0 Å². The van der Waals surface area contributed by atoms with Gasteiger partial charge in [-0.15, -0.1) is 0 Å². The molecule has 3 aromatic rings. The number of aromatic nitrogens is 1. The Morgan fingerprint density at radius 3 is 2.50 bits per heavy atom. The van der Waals surface area contributed by atoms with E-state index in [4.69, 9.17) is 4.98 Å². The Hall–Kier alpha value is -2.68. The number of para-hydroxylation sites is 1. The molecule has 0 N–H and O–H groups in total. The first-order chi connectivity index (χ1) is 12.8. The van der Waals surface area contributed by atoms with Crippen molar-refractivity contribution in [1.29, 1.82) is 0 Å². The van der Waals surface area contributed by atoms with Crippen molar-refractivity contribution in [2.75, 3.05) is 13.1 Å². The maximum absolute atomic E-state index is 13.1. The highest BCUT2D eigenvalue weighted by Gasteiger charge is 2.22. The highest BCUT2D eigenvalue weighted by atomic mass is 16.2. The lowest BCUT2D eigenvalue weighted by Crippen LogP contribution is -2.27. The van der Waals surface area contributed by atoms with Crippen molar-refractivity contribution in [3.8, 4) is 11.3 Å². The number of aryl methyl sites for hydroxylation is 1. The van der Waals surface area contributed by atoms with Gasteiger partial charge in [-0.3, -0.25) is 4.79 Å². The van der Waals surface area contributed by atoms with Crippen LogP contribution in [0.25, 0.3) is 22.2 Å². The Bertz CT molecular complexity index is 925. The average molecular weight is 344 g/mol. The minimum absolute atomic E-state index is 0.130. The molecule has 0 unspecified atom stereocenters. The van der Waals surface area contributed by atoms with E-state index in [1.54, 1.807) is 0 Å². The zero-order valence-corrected chi connectivity index (χ0v) is 15.2. The Morgan fingerprint density at radius 2 is 1.77 bits per heavy atom. The molecule has 1 aliphatic rings. The smallest absolute Gasteiger partial charge is 0.254 e. The summed E-state index contributed by atoms with van der Waals surface area (Å²) in [4.78, 5) is 19.9. The molecule has 0 aliphatic carbocycles. The number of likely N-dealkylation sites (tertiary alicyclic amines) is 1. The van der Waals surface area contributed by atoms with E-state index in [2.05, 4.69) is 31.2 Å². The summed E-state index contributed by atoms with van der Waals surface area (Å²) in [6.45, 7) is 3.90. The van der Waals surface area contributed by atoms with Gasteiger partial charge in [-0.2, -0.15) is 0 Å². The molecule has 0 spiro atoms. The van der Waals surface area contributed by atoms with Crippen molar-refractivity contribution < 1.29 is 4.79 Å². The van der Waals surface area contributed by atoms with E-state index in [0.717, 1.165) is 66.5 Å². The molecule has 0 atom stereocenters. The predicted octanol–water partition coefficient (Wildman–Crippen LogP) is 5.09. The van der Waals surface area contributed by atoms with E-state index in [1.165, 1.54) is 5.56 Å². The number of amides is 1. The first-order valence-corrected chi connectivity index (χ1v) is 9.54. The van der Waals surface area contributed by atoms with Gasteiger partial charge in [0.15, 0.2) is 0 Å². The lowest BCUT2D eigenvalue weighted by molar-refractivity contribution is 0.0794. The fraction of sp³-hybridized carbons (Fsp3) is 0.304. The fourth-order valence-corrected chi connectivity index (χ4v) is 3.72. The molecule has 1 amide bonds. The summed E-state index contributed by atoms with van der Waals surface area (Å²) in [7, 11) is 0. The molecule has 3 nitrogen and oxygen atoms in total. The van der Waals surface area contributed by atoms with Gasteiger partial charge in [0.1, 0.15) is 0 Å². The Labute approximate surface area is 154 Å². The van der Waals surface area contributed by atoms with E-state index in [0.29, 0.717) is 0 Å². The minimum atomic E-state index is 0.130. The number of rotatable bonds is 4. The van der Waals surface area contributed by atoms with E-state index < -0.39 is 0 Å². The molecular formula is C23H24N2O. The molecule has 0 radical (unpaired) electrons. The molecule has 1 aliphatic heterocycles. The van der Waals surface area contributed by atoms with Gasteiger partial charge in [-0.25, -0.2) is 4.98 Å². The van der Waals surface area contributed by atoms with Crippen LogP contribution in [0.3, 0.4) is 0 Å². The Kier molecular flexibility index (Phi) is 4.70. The van der Waals surface area contributed by atoms with Gasteiger partial charge < -0.3 is 4.90 Å². The van der Waals surface area contributed by atoms with Crippen LogP contribution in [-0.2, 0) is 6.42 Å². The van der Waals surface area contributed by atoms with Crippen molar-refractivity contribution in [3.05, 3.63) is 65.7 Å². The first-order valence-electron chi connectivity index (χ1n) is 9.54. The fourth-order valence-electron chi connectivity index (χ4n) is 3.72. The third kappa shape index (κ3) is 3.22.